The molecule has 0 radical (unpaired) electrons. The average Bonchev–Trinajstić information content (AvgIpc) is 2.64. The molecule has 2 rings (SSSR count). The molecule has 1 aliphatic carbocycles. The Hall–Kier alpha value is -1.03. The Kier molecular flexibility index (Phi) is 2.22. The van der Waals surface area contributed by atoms with Crippen molar-refractivity contribution < 1.29 is 5.11 Å². The molecular formula is C9H15N3O. The maximum Gasteiger partial charge on any atom is 0.148 e. The summed E-state index contributed by atoms with van der Waals surface area (Å²) in [5, 5.41) is 17.0. The molecule has 0 saturated heterocycles. The highest BCUT2D eigenvalue weighted by molar-refractivity contribution is 5.34. The van der Waals surface area contributed by atoms with E-state index in [1.807, 2.05) is 19.3 Å². The summed E-state index contributed by atoms with van der Waals surface area (Å²) in [5.41, 5.74) is 0. The third kappa shape index (κ3) is 1.83. The second-order valence-corrected chi connectivity index (χ2v) is 3.62. The van der Waals surface area contributed by atoms with E-state index in [0.29, 0.717) is 0 Å². The van der Waals surface area contributed by atoms with Crippen molar-refractivity contribution in [1.82, 2.24) is 9.78 Å². The van der Waals surface area contributed by atoms with Crippen molar-refractivity contribution in [3.8, 4) is 0 Å². The number of rotatable bonds is 2. The molecule has 0 aliphatic heterocycles. The summed E-state index contributed by atoms with van der Waals surface area (Å²) in [7, 11) is 1.89. The van der Waals surface area contributed by atoms with Crippen molar-refractivity contribution in [2.45, 2.75) is 31.4 Å². The van der Waals surface area contributed by atoms with Crippen molar-refractivity contribution in [2.75, 3.05) is 5.32 Å². The van der Waals surface area contributed by atoms with Crippen LogP contribution in [0.5, 0.6) is 0 Å². The SMILES string of the molecule is Cn1ccc(N[C@H]2CCC[C@@H]2O)n1. The Morgan fingerprint density at radius 2 is 2.46 bits per heavy atom. The fraction of sp³-hybridized carbons (Fsp3) is 0.667. The van der Waals surface area contributed by atoms with Gasteiger partial charge in [0.05, 0.1) is 12.1 Å². The summed E-state index contributed by atoms with van der Waals surface area (Å²) in [4.78, 5) is 0. The fourth-order valence-electron chi connectivity index (χ4n) is 1.79. The van der Waals surface area contributed by atoms with Crippen LogP contribution >= 0.6 is 0 Å². The predicted octanol–water partition coefficient (Wildman–Crippen LogP) is 0.745. The first-order chi connectivity index (χ1) is 6.25. The van der Waals surface area contributed by atoms with Gasteiger partial charge in [0.1, 0.15) is 5.82 Å². The van der Waals surface area contributed by atoms with Crippen LogP contribution in [0, 0.1) is 0 Å². The van der Waals surface area contributed by atoms with Gasteiger partial charge in [-0.25, -0.2) is 0 Å². The molecule has 1 fully saturated rings. The fourth-order valence-corrected chi connectivity index (χ4v) is 1.79. The van der Waals surface area contributed by atoms with Crippen LogP contribution in [0.3, 0.4) is 0 Å². The third-order valence-electron chi connectivity index (χ3n) is 2.53. The van der Waals surface area contributed by atoms with E-state index >= 15 is 0 Å². The van der Waals surface area contributed by atoms with Gasteiger partial charge in [-0.1, -0.05) is 0 Å². The molecule has 13 heavy (non-hydrogen) atoms. The summed E-state index contributed by atoms with van der Waals surface area (Å²) in [6.07, 6.45) is 4.74. The number of hydrogen-bond donors (Lipinski definition) is 2. The van der Waals surface area contributed by atoms with Gasteiger partial charge in [-0.2, -0.15) is 5.10 Å². The van der Waals surface area contributed by atoms with Gasteiger partial charge in [0, 0.05) is 19.3 Å². The Morgan fingerprint density at radius 3 is 3.00 bits per heavy atom. The van der Waals surface area contributed by atoms with Gasteiger partial charge >= 0.3 is 0 Å². The smallest absolute Gasteiger partial charge is 0.148 e. The minimum atomic E-state index is -0.206. The number of aromatic nitrogens is 2. The van der Waals surface area contributed by atoms with Crippen LogP contribution in [0.25, 0.3) is 0 Å². The van der Waals surface area contributed by atoms with Gasteiger partial charge in [0.2, 0.25) is 0 Å². The lowest BCUT2D eigenvalue weighted by atomic mass is 10.2. The van der Waals surface area contributed by atoms with Crippen molar-refractivity contribution in [1.29, 1.82) is 0 Å². The summed E-state index contributed by atoms with van der Waals surface area (Å²) in [6, 6.07) is 2.11. The first-order valence-corrected chi connectivity index (χ1v) is 4.70. The molecule has 1 aromatic heterocycles. The highest BCUT2D eigenvalue weighted by Crippen LogP contribution is 2.21. The van der Waals surface area contributed by atoms with E-state index in [9.17, 15) is 5.11 Å². The van der Waals surface area contributed by atoms with Crippen LogP contribution in [-0.2, 0) is 7.05 Å². The first-order valence-electron chi connectivity index (χ1n) is 4.70. The lowest BCUT2D eigenvalue weighted by Gasteiger charge is -2.15. The molecule has 0 bridgehead atoms. The molecular weight excluding hydrogens is 166 g/mol. The number of nitrogens with one attached hydrogen (secondary N) is 1. The van der Waals surface area contributed by atoms with Crippen molar-refractivity contribution in [3.05, 3.63) is 12.3 Å². The molecule has 1 heterocycles. The van der Waals surface area contributed by atoms with Crippen molar-refractivity contribution in [3.63, 3.8) is 0 Å². The molecule has 0 aromatic carbocycles. The summed E-state index contributed by atoms with van der Waals surface area (Å²) in [5.74, 6) is 0.855. The molecule has 0 amide bonds. The maximum atomic E-state index is 9.56. The van der Waals surface area contributed by atoms with E-state index in [4.69, 9.17) is 0 Å². The molecule has 4 nitrogen and oxygen atoms in total. The van der Waals surface area contributed by atoms with E-state index in [2.05, 4.69) is 10.4 Å². The maximum absolute atomic E-state index is 9.56. The zero-order chi connectivity index (χ0) is 9.26. The molecule has 2 atom stereocenters. The molecule has 0 spiro atoms. The van der Waals surface area contributed by atoms with Gasteiger partial charge in [-0.05, 0) is 19.3 Å². The highest BCUT2D eigenvalue weighted by atomic mass is 16.3. The monoisotopic (exact) mass is 181 g/mol. The quantitative estimate of drug-likeness (QED) is 0.707. The van der Waals surface area contributed by atoms with Crippen LogP contribution < -0.4 is 5.32 Å². The van der Waals surface area contributed by atoms with E-state index in [-0.39, 0.29) is 12.1 Å². The van der Waals surface area contributed by atoms with E-state index in [0.717, 1.165) is 25.1 Å². The topological polar surface area (TPSA) is 50.1 Å². The highest BCUT2D eigenvalue weighted by Gasteiger charge is 2.25. The minimum absolute atomic E-state index is 0.190. The predicted molar refractivity (Wildman–Crippen MR) is 50.5 cm³/mol. The zero-order valence-electron chi connectivity index (χ0n) is 7.77. The van der Waals surface area contributed by atoms with Crippen LogP contribution in [0.1, 0.15) is 19.3 Å². The average molecular weight is 181 g/mol. The first kappa shape index (κ1) is 8.56. The van der Waals surface area contributed by atoms with Crippen molar-refractivity contribution in [2.24, 2.45) is 7.05 Å². The lowest BCUT2D eigenvalue weighted by Crippen LogP contribution is -2.28. The zero-order valence-corrected chi connectivity index (χ0v) is 7.77. The largest absolute Gasteiger partial charge is 0.391 e. The number of aliphatic hydroxyl groups is 1. The van der Waals surface area contributed by atoms with E-state index in [1.54, 1.807) is 4.68 Å². The Morgan fingerprint density at radius 1 is 1.62 bits per heavy atom. The normalized spacial score (nSPS) is 27.8. The van der Waals surface area contributed by atoms with Gasteiger partial charge in [0.15, 0.2) is 0 Å². The molecule has 1 aromatic rings. The Balaban J connectivity index is 1.97. The lowest BCUT2D eigenvalue weighted by molar-refractivity contribution is 0.171. The van der Waals surface area contributed by atoms with Crippen LogP contribution in [0.15, 0.2) is 12.3 Å². The molecule has 1 saturated carbocycles. The summed E-state index contributed by atoms with van der Waals surface area (Å²) in [6.45, 7) is 0. The van der Waals surface area contributed by atoms with Crippen LogP contribution in [0.2, 0.25) is 0 Å². The minimum Gasteiger partial charge on any atom is -0.391 e. The van der Waals surface area contributed by atoms with Gasteiger partial charge < -0.3 is 10.4 Å². The summed E-state index contributed by atoms with van der Waals surface area (Å²) < 4.78 is 1.75. The Labute approximate surface area is 77.6 Å². The number of anilines is 1. The van der Waals surface area contributed by atoms with E-state index < -0.39 is 0 Å². The molecule has 2 N–H and O–H groups in total. The number of aliphatic hydroxyl groups excluding tert-OH is 1. The van der Waals surface area contributed by atoms with Crippen LogP contribution in [-0.4, -0.2) is 27.0 Å². The summed E-state index contributed by atoms with van der Waals surface area (Å²) >= 11 is 0. The third-order valence-corrected chi connectivity index (χ3v) is 2.53. The van der Waals surface area contributed by atoms with Gasteiger partial charge in [-0.3, -0.25) is 4.68 Å². The Bertz CT molecular complexity index is 284. The van der Waals surface area contributed by atoms with Gasteiger partial charge in [-0.15, -0.1) is 0 Å². The number of aryl methyl sites for hydroxylation is 1. The molecule has 72 valence electrons. The standard InChI is InChI=1S/C9H15N3O/c1-12-6-5-9(11-12)10-7-3-2-4-8(7)13/h5-8,13H,2-4H2,1H3,(H,10,11)/t7-,8-/m0/s1. The van der Waals surface area contributed by atoms with Crippen LogP contribution in [0.4, 0.5) is 5.82 Å². The molecule has 0 unspecified atom stereocenters. The second kappa shape index (κ2) is 3.38. The van der Waals surface area contributed by atoms with Gasteiger partial charge in [0.25, 0.3) is 0 Å². The number of nitrogens with zero attached hydrogens (tertiary/aromatic N) is 2. The van der Waals surface area contributed by atoms with E-state index in [1.165, 1.54) is 0 Å². The van der Waals surface area contributed by atoms with Crippen molar-refractivity contribution >= 4 is 5.82 Å². The second-order valence-electron chi connectivity index (χ2n) is 3.62. The molecule has 1 aliphatic rings. The number of hydrogen-bond acceptors (Lipinski definition) is 3. The molecule has 4 heteroatoms.